The molecule has 4 rings (SSSR count). The molecule has 2 aromatic rings. The summed E-state index contributed by atoms with van der Waals surface area (Å²) in [6, 6.07) is 11.0. The molecule has 1 amide bonds. The normalized spacial score (nSPS) is 17.7. The number of likely N-dealkylation sites (tertiary alicyclic amines) is 1. The fourth-order valence-electron chi connectivity index (χ4n) is 3.62. The number of pyridine rings is 1. The van der Waals surface area contributed by atoms with Crippen molar-refractivity contribution in [1.82, 2.24) is 15.2 Å². The van der Waals surface area contributed by atoms with Crippen LogP contribution in [0.4, 0.5) is 11.4 Å². The Kier molecular flexibility index (Phi) is 5.71. The van der Waals surface area contributed by atoms with Crippen LogP contribution in [0.2, 0.25) is 0 Å². The number of carbonyl (C=O) groups is 1. The Morgan fingerprint density at radius 1 is 1.14 bits per heavy atom. The van der Waals surface area contributed by atoms with Crippen LogP contribution < -0.4 is 10.6 Å². The van der Waals surface area contributed by atoms with E-state index in [4.69, 9.17) is 0 Å². The first kappa shape index (κ1) is 19.3. The molecule has 0 unspecified atom stereocenters. The zero-order valence-electron chi connectivity index (χ0n) is 16.2. The van der Waals surface area contributed by atoms with Crippen LogP contribution in [0, 0.1) is 10.1 Å². The molecule has 1 aliphatic heterocycles. The van der Waals surface area contributed by atoms with E-state index in [9.17, 15) is 14.9 Å². The molecule has 1 aromatic carbocycles. The highest BCUT2D eigenvalue weighted by Crippen LogP contribution is 2.31. The minimum absolute atomic E-state index is 0.0465. The number of anilines is 1. The number of carbonyl (C=O) groups excluding carboxylic acids is 1. The highest BCUT2D eigenvalue weighted by molar-refractivity contribution is 5.96. The molecule has 8 nitrogen and oxygen atoms in total. The maximum absolute atomic E-state index is 12.6. The number of nitrogens with zero attached hydrogens (tertiary/aromatic N) is 3. The van der Waals surface area contributed by atoms with E-state index < -0.39 is 4.92 Å². The molecule has 0 spiro atoms. The van der Waals surface area contributed by atoms with Gasteiger partial charge in [0.15, 0.2) is 0 Å². The van der Waals surface area contributed by atoms with Crippen LogP contribution in [0.5, 0.6) is 0 Å². The molecular formula is C21H25N5O3. The zero-order valence-corrected chi connectivity index (χ0v) is 16.2. The van der Waals surface area contributed by atoms with Gasteiger partial charge >= 0.3 is 0 Å². The summed E-state index contributed by atoms with van der Waals surface area (Å²) in [7, 11) is 0. The molecule has 1 aliphatic carbocycles. The molecule has 2 aliphatic rings. The van der Waals surface area contributed by atoms with Gasteiger partial charge in [-0.3, -0.25) is 24.8 Å². The largest absolute Gasteiger partial charge is 0.377 e. The Labute approximate surface area is 169 Å². The summed E-state index contributed by atoms with van der Waals surface area (Å²) < 4.78 is 0. The first-order valence-corrected chi connectivity index (χ1v) is 10.1. The molecule has 2 fully saturated rings. The zero-order chi connectivity index (χ0) is 20.2. The Bertz CT molecular complexity index is 877. The lowest BCUT2D eigenvalue weighted by atomic mass is 10.0. The average Bonchev–Trinajstić information content (AvgIpc) is 3.54. The summed E-state index contributed by atoms with van der Waals surface area (Å²) in [5.74, 6) is -0.255. The molecule has 152 valence electrons. The number of nitro groups is 1. The van der Waals surface area contributed by atoms with Crippen molar-refractivity contribution < 1.29 is 9.72 Å². The maximum Gasteiger partial charge on any atom is 0.293 e. The minimum Gasteiger partial charge on any atom is -0.377 e. The van der Waals surface area contributed by atoms with Crippen molar-refractivity contribution in [2.24, 2.45) is 0 Å². The molecule has 2 N–H and O–H groups in total. The smallest absolute Gasteiger partial charge is 0.293 e. The number of aromatic nitrogens is 1. The topological polar surface area (TPSA) is 100 Å². The van der Waals surface area contributed by atoms with Gasteiger partial charge in [0.05, 0.1) is 10.6 Å². The third-order valence-corrected chi connectivity index (χ3v) is 5.43. The number of benzene rings is 1. The van der Waals surface area contributed by atoms with Crippen molar-refractivity contribution in [2.75, 3.05) is 18.4 Å². The minimum atomic E-state index is -0.433. The second kappa shape index (κ2) is 8.57. The molecular weight excluding hydrogens is 370 g/mol. The van der Waals surface area contributed by atoms with Crippen molar-refractivity contribution in [2.45, 2.75) is 44.3 Å². The van der Waals surface area contributed by atoms with E-state index in [2.05, 4.69) is 20.5 Å². The van der Waals surface area contributed by atoms with Crippen LogP contribution in [0.3, 0.4) is 0 Å². The molecule has 2 heterocycles. The van der Waals surface area contributed by atoms with E-state index in [-0.39, 0.29) is 17.6 Å². The highest BCUT2D eigenvalue weighted by atomic mass is 16.6. The first-order chi connectivity index (χ1) is 14.1. The van der Waals surface area contributed by atoms with E-state index in [0.29, 0.717) is 17.3 Å². The Hall–Kier alpha value is -3.00. The van der Waals surface area contributed by atoms with Gasteiger partial charge in [-0.1, -0.05) is 6.07 Å². The Morgan fingerprint density at radius 3 is 2.59 bits per heavy atom. The molecule has 0 radical (unpaired) electrons. The van der Waals surface area contributed by atoms with Crippen LogP contribution in [-0.2, 0) is 6.54 Å². The van der Waals surface area contributed by atoms with Gasteiger partial charge in [0.25, 0.3) is 11.6 Å². The van der Waals surface area contributed by atoms with Gasteiger partial charge < -0.3 is 10.6 Å². The standard InChI is InChI=1S/C21H25N5O3/c27-21(15-4-7-19(23-16-5-6-16)20(13-15)26(28)29)24-17-8-11-25(12-9-17)14-18-3-1-2-10-22-18/h1-4,7,10,13,16-17,23H,5-6,8-9,11-12,14H2,(H,24,27). The second-order valence-electron chi connectivity index (χ2n) is 7.75. The lowest BCUT2D eigenvalue weighted by molar-refractivity contribution is -0.384. The van der Waals surface area contributed by atoms with E-state index in [1.165, 1.54) is 6.07 Å². The predicted octanol–water partition coefficient (Wildman–Crippen LogP) is 2.96. The second-order valence-corrected chi connectivity index (χ2v) is 7.75. The van der Waals surface area contributed by atoms with Gasteiger partial charge in [0.1, 0.15) is 5.69 Å². The number of hydrogen-bond donors (Lipinski definition) is 2. The van der Waals surface area contributed by atoms with Gasteiger partial charge in [-0.2, -0.15) is 0 Å². The molecule has 29 heavy (non-hydrogen) atoms. The van der Waals surface area contributed by atoms with E-state index in [0.717, 1.165) is 51.0 Å². The van der Waals surface area contributed by atoms with Gasteiger partial charge in [-0.15, -0.1) is 0 Å². The van der Waals surface area contributed by atoms with E-state index in [1.54, 1.807) is 18.3 Å². The third kappa shape index (κ3) is 5.08. The summed E-state index contributed by atoms with van der Waals surface area (Å²) in [5, 5.41) is 17.6. The number of rotatable bonds is 7. The molecule has 0 atom stereocenters. The van der Waals surface area contributed by atoms with Crippen molar-refractivity contribution in [3.05, 3.63) is 64.0 Å². The van der Waals surface area contributed by atoms with E-state index >= 15 is 0 Å². The van der Waals surface area contributed by atoms with Crippen LogP contribution in [-0.4, -0.2) is 45.9 Å². The van der Waals surface area contributed by atoms with Gasteiger partial charge in [-0.25, -0.2) is 0 Å². The summed E-state index contributed by atoms with van der Waals surface area (Å²) in [6.07, 6.45) is 5.55. The summed E-state index contributed by atoms with van der Waals surface area (Å²) in [4.78, 5) is 30.3. The van der Waals surface area contributed by atoms with Crippen molar-refractivity contribution >= 4 is 17.3 Å². The number of nitro benzene ring substituents is 1. The lowest BCUT2D eigenvalue weighted by Gasteiger charge is -2.32. The molecule has 1 saturated carbocycles. The fourth-order valence-corrected chi connectivity index (χ4v) is 3.62. The number of amides is 1. The molecule has 1 aromatic heterocycles. The Balaban J connectivity index is 1.32. The predicted molar refractivity (Wildman–Crippen MR) is 110 cm³/mol. The maximum atomic E-state index is 12.6. The number of nitrogens with one attached hydrogen (secondary N) is 2. The van der Waals surface area contributed by atoms with Crippen molar-refractivity contribution in [3.63, 3.8) is 0 Å². The Morgan fingerprint density at radius 2 is 1.93 bits per heavy atom. The lowest BCUT2D eigenvalue weighted by Crippen LogP contribution is -2.44. The molecule has 0 bridgehead atoms. The van der Waals surface area contributed by atoms with Crippen LogP contribution in [0.15, 0.2) is 42.6 Å². The van der Waals surface area contributed by atoms with Gasteiger partial charge in [0, 0.05) is 49.5 Å². The number of piperidine rings is 1. The van der Waals surface area contributed by atoms with Gasteiger partial charge in [0.2, 0.25) is 0 Å². The quantitative estimate of drug-likeness (QED) is 0.552. The summed E-state index contributed by atoms with van der Waals surface area (Å²) >= 11 is 0. The van der Waals surface area contributed by atoms with Crippen LogP contribution >= 0.6 is 0 Å². The third-order valence-electron chi connectivity index (χ3n) is 5.43. The fraction of sp³-hybridized carbons (Fsp3) is 0.429. The highest BCUT2D eigenvalue weighted by Gasteiger charge is 2.26. The summed E-state index contributed by atoms with van der Waals surface area (Å²) in [5.41, 5.74) is 1.81. The SMILES string of the molecule is O=C(NC1CCN(Cc2ccccn2)CC1)c1ccc(NC2CC2)c([N+](=O)[O-])c1. The molecule has 8 heteroatoms. The van der Waals surface area contributed by atoms with E-state index in [1.807, 2.05) is 18.2 Å². The average molecular weight is 395 g/mol. The summed E-state index contributed by atoms with van der Waals surface area (Å²) in [6.45, 7) is 2.57. The van der Waals surface area contributed by atoms with Crippen molar-refractivity contribution in [1.29, 1.82) is 0 Å². The van der Waals surface area contributed by atoms with Crippen LogP contribution in [0.1, 0.15) is 41.7 Å². The number of hydrogen-bond acceptors (Lipinski definition) is 6. The first-order valence-electron chi connectivity index (χ1n) is 10.1. The van der Waals surface area contributed by atoms with Crippen molar-refractivity contribution in [3.8, 4) is 0 Å². The van der Waals surface area contributed by atoms with Crippen LogP contribution in [0.25, 0.3) is 0 Å². The molecule has 1 saturated heterocycles. The van der Waals surface area contributed by atoms with Gasteiger partial charge in [-0.05, 0) is 49.9 Å². The monoisotopic (exact) mass is 395 g/mol.